The first-order valence-electron chi connectivity index (χ1n) is 8.55. The molecule has 2 fully saturated rings. The summed E-state index contributed by atoms with van der Waals surface area (Å²) >= 11 is 0. The molecule has 3 unspecified atom stereocenters. The normalized spacial score (nSPS) is 32.3. The molecular weight excluding hydrogens is 270 g/mol. The maximum atomic E-state index is 12.9. The van der Waals surface area contributed by atoms with Crippen molar-refractivity contribution in [1.29, 1.82) is 0 Å². The number of fused-ring (bicyclic) bond motifs is 2. The van der Waals surface area contributed by atoms with Crippen LogP contribution >= 0.6 is 0 Å². The largest absolute Gasteiger partial charge is 0.349 e. The van der Waals surface area contributed by atoms with E-state index in [-0.39, 0.29) is 11.3 Å². The number of amides is 1. The van der Waals surface area contributed by atoms with Crippen molar-refractivity contribution in [2.24, 2.45) is 16.7 Å². The fourth-order valence-electron chi connectivity index (χ4n) is 5.19. The third-order valence-corrected chi connectivity index (χ3v) is 7.00. The van der Waals surface area contributed by atoms with E-state index >= 15 is 0 Å². The SMILES string of the molecule is Cc1cc(C)c(C(=O)NC2CC3CCC2(C)C3(C)C)c(C)c1. The van der Waals surface area contributed by atoms with Gasteiger partial charge in [0.25, 0.3) is 5.91 Å². The fraction of sp³-hybridized carbons (Fsp3) is 0.650. The Kier molecular flexibility index (Phi) is 3.43. The molecule has 1 N–H and O–H groups in total. The highest BCUT2D eigenvalue weighted by molar-refractivity contribution is 5.97. The number of rotatable bonds is 2. The van der Waals surface area contributed by atoms with Gasteiger partial charge in [0.05, 0.1) is 0 Å². The maximum absolute atomic E-state index is 12.9. The van der Waals surface area contributed by atoms with Crippen molar-refractivity contribution in [2.45, 2.75) is 66.8 Å². The first-order chi connectivity index (χ1) is 10.2. The molecule has 0 aromatic heterocycles. The summed E-state index contributed by atoms with van der Waals surface area (Å²) in [5.74, 6) is 0.868. The molecule has 0 heterocycles. The van der Waals surface area contributed by atoms with Gasteiger partial charge in [-0.25, -0.2) is 0 Å². The Hall–Kier alpha value is -1.31. The Bertz CT molecular complexity index is 608. The van der Waals surface area contributed by atoms with Crippen LogP contribution in [-0.2, 0) is 0 Å². The summed E-state index contributed by atoms with van der Waals surface area (Å²) in [5.41, 5.74) is 4.83. The standard InChI is InChI=1S/C20H29NO/c1-12-9-13(2)17(14(3)10-12)18(22)21-16-11-15-7-8-20(16,6)19(15,4)5/h9-10,15-16H,7-8,11H2,1-6H3,(H,21,22). The Morgan fingerprint density at radius 1 is 1.14 bits per heavy atom. The lowest BCUT2D eigenvalue weighted by Gasteiger charge is -2.39. The van der Waals surface area contributed by atoms with Crippen LogP contribution < -0.4 is 5.32 Å². The van der Waals surface area contributed by atoms with Crippen LogP contribution in [0.15, 0.2) is 12.1 Å². The van der Waals surface area contributed by atoms with Crippen molar-refractivity contribution in [1.82, 2.24) is 5.32 Å². The third kappa shape index (κ3) is 2.03. The first-order valence-corrected chi connectivity index (χ1v) is 8.55. The summed E-state index contributed by atoms with van der Waals surface area (Å²) < 4.78 is 0. The summed E-state index contributed by atoms with van der Waals surface area (Å²) in [7, 11) is 0. The van der Waals surface area contributed by atoms with Crippen LogP contribution in [0, 0.1) is 37.5 Å². The van der Waals surface area contributed by atoms with Crippen molar-refractivity contribution in [3.8, 4) is 0 Å². The third-order valence-electron chi connectivity index (χ3n) is 7.00. The number of hydrogen-bond donors (Lipinski definition) is 1. The van der Waals surface area contributed by atoms with Crippen LogP contribution in [0.3, 0.4) is 0 Å². The predicted molar refractivity (Wildman–Crippen MR) is 91.1 cm³/mol. The topological polar surface area (TPSA) is 29.1 Å². The second-order valence-electron chi connectivity index (χ2n) is 8.41. The van der Waals surface area contributed by atoms with E-state index in [1.54, 1.807) is 0 Å². The molecule has 2 aliphatic rings. The van der Waals surface area contributed by atoms with E-state index in [0.717, 1.165) is 29.0 Å². The van der Waals surface area contributed by atoms with Crippen LogP contribution in [0.5, 0.6) is 0 Å². The van der Waals surface area contributed by atoms with Gasteiger partial charge >= 0.3 is 0 Å². The Morgan fingerprint density at radius 3 is 2.18 bits per heavy atom. The molecule has 1 amide bonds. The average molecular weight is 299 g/mol. The number of nitrogens with one attached hydrogen (secondary N) is 1. The predicted octanol–water partition coefficient (Wildman–Crippen LogP) is 4.56. The second kappa shape index (κ2) is 4.84. The first kappa shape index (κ1) is 15.6. The molecule has 0 saturated heterocycles. The Balaban J connectivity index is 1.85. The highest BCUT2D eigenvalue weighted by Crippen LogP contribution is 2.65. The van der Waals surface area contributed by atoms with Crippen LogP contribution in [0.2, 0.25) is 0 Å². The van der Waals surface area contributed by atoms with Crippen LogP contribution in [0.25, 0.3) is 0 Å². The molecular formula is C20H29NO. The zero-order chi connectivity index (χ0) is 16.3. The minimum absolute atomic E-state index is 0.115. The lowest BCUT2D eigenvalue weighted by atomic mass is 9.69. The zero-order valence-electron chi connectivity index (χ0n) is 14.8. The molecule has 0 aliphatic heterocycles. The summed E-state index contributed by atoms with van der Waals surface area (Å²) in [4.78, 5) is 12.9. The highest BCUT2D eigenvalue weighted by Gasteiger charge is 2.61. The quantitative estimate of drug-likeness (QED) is 0.852. The fourth-order valence-corrected chi connectivity index (χ4v) is 5.19. The minimum Gasteiger partial charge on any atom is -0.349 e. The number of hydrogen-bond acceptors (Lipinski definition) is 1. The van der Waals surface area contributed by atoms with Gasteiger partial charge in [-0.2, -0.15) is 0 Å². The molecule has 2 nitrogen and oxygen atoms in total. The van der Waals surface area contributed by atoms with Crippen molar-refractivity contribution < 1.29 is 4.79 Å². The van der Waals surface area contributed by atoms with E-state index < -0.39 is 0 Å². The van der Waals surface area contributed by atoms with Gasteiger partial charge in [-0.3, -0.25) is 4.79 Å². The molecule has 2 bridgehead atoms. The minimum atomic E-state index is 0.115. The summed E-state index contributed by atoms with van der Waals surface area (Å²) in [6, 6.07) is 4.52. The number of benzene rings is 1. The molecule has 2 saturated carbocycles. The van der Waals surface area contributed by atoms with E-state index in [1.165, 1.54) is 18.4 Å². The maximum Gasteiger partial charge on any atom is 0.252 e. The molecule has 1 aromatic carbocycles. The average Bonchev–Trinajstić information content (AvgIpc) is 2.70. The van der Waals surface area contributed by atoms with E-state index in [4.69, 9.17) is 0 Å². The lowest BCUT2D eigenvalue weighted by molar-refractivity contribution is 0.0825. The van der Waals surface area contributed by atoms with Crippen molar-refractivity contribution in [3.05, 3.63) is 34.4 Å². The van der Waals surface area contributed by atoms with Crippen molar-refractivity contribution in [3.63, 3.8) is 0 Å². The van der Waals surface area contributed by atoms with Crippen molar-refractivity contribution in [2.75, 3.05) is 0 Å². The number of carbonyl (C=O) groups excluding carboxylic acids is 1. The molecule has 3 rings (SSSR count). The van der Waals surface area contributed by atoms with Gasteiger partial charge in [-0.05, 0) is 67.9 Å². The molecule has 1 aromatic rings. The molecule has 3 atom stereocenters. The Labute approximate surface area is 134 Å². The molecule has 120 valence electrons. The van der Waals surface area contributed by atoms with E-state index in [9.17, 15) is 4.79 Å². The summed E-state index contributed by atoms with van der Waals surface area (Å²) in [6.45, 7) is 13.3. The van der Waals surface area contributed by atoms with Gasteiger partial charge in [-0.15, -0.1) is 0 Å². The van der Waals surface area contributed by atoms with Crippen molar-refractivity contribution >= 4 is 5.91 Å². The van der Waals surface area contributed by atoms with Gasteiger partial charge < -0.3 is 5.32 Å². The lowest BCUT2D eigenvalue weighted by Crippen LogP contribution is -2.47. The van der Waals surface area contributed by atoms with E-state index in [0.29, 0.717) is 11.5 Å². The number of aryl methyl sites for hydroxylation is 3. The van der Waals surface area contributed by atoms with E-state index in [2.05, 4.69) is 45.1 Å². The molecule has 22 heavy (non-hydrogen) atoms. The second-order valence-corrected chi connectivity index (χ2v) is 8.41. The summed E-state index contributed by atoms with van der Waals surface area (Å²) in [6.07, 6.45) is 3.69. The molecule has 2 heteroatoms. The molecule has 0 spiro atoms. The van der Waals surface area contributed by atoms with Crippen LogP contribution in [0.1, 0.15) is 67.1 Å². The monoisotopic (exact) mass is 299 g/mol. The Morgan fingerprint density at radius 2 is 1.73 bits per heavy atom. The van der Waals surface area contributed by atoms with Gasteiger partial charge in [0.1, 0.15) is 0 Å². The van der Waals surface area contributed by atoms with Gasteiger partial charge in [0, 0.05) is 11.6 Å². The van der Waals surface area contributed by atoms with Crippen LogP contribution in [0.4, 0.5) is 0 Å². The van der Waals surface area contributed by atoms with Gasteiger partial charge in [0.2, 0.25) is 0 Å². The van der Waals surface area contributed by atoms with E-state index in [1.807, 2.05) is 13.8 Å². The van der Waals surface area contributed by atoms with Crippen LogP contribution in [-0.4, -0.2) is 11.9 Å². The van der Waals surface area contributed by atoms with Gasteiger partial charge in [-0.1, -0.05) is 38.5 Å². The number of carbonyl (C=O) groups is 1. The zero-order valence-corrected chi connectivity index (χ0v) is 14.8. The molecule has 0 radical (unpaired) electrons. The summed E-state index contributed by atoms with van der Waals surface area (Å²) in [5, 5.41) is 3.38. The van der Waals surface area contributed by atoms with Gasteiger partial charge in [0.15, 0.2) is 0 Å². The highest BCUT2D eigenvalue weighted by atomic mass is 16.1. The molecule has 2 aliphatic carbocycles. The smallest absolute Gasteiger partial charge is 0.252 e.